The Hall–Kier alpha value is -2.02. The average Bonchev–Trinajstić information content (AvgIpc) is 3.22. The summed E-state index contributed by atoms with van der Waals surface area (Å²) in [5.74, 6) is -0.227. The van der Waals surface area contributed by atoms with Gasteiger partial charge in [0.1, 0.15) is 0 Å². The van der Waals surface area contributed by atoms with Crippen LogP contribution >= 0.6 is 0 Å². The number of carbonyl (C=O) groups is 2. The molecule has 1 unspecified atom stereocenters. The Morgan fingerprint density at radius 2 is 2.19 bits per heavy atom. The smallest absolute Gasteiger partial charge is 0.358 e. The maximum absolute atomic E-state index is 11.9. The van der Waals surface area contributed by atoms with Crippen LogP contribution in [0.5, 0.6) is 0 Å². The zero-order valence-electron chi connectivity index (χ0n) is 11.8. The number of amides is 1. The summed E-state index contributed by atoms with van der Waals surface area (Å²) in [5.41, 5.74) is 0.727. The summed E-state index contributed by atoms with van der Waals surface area (Å²) in [4.78, 5) is 32.2. The fourth-order valence-corrected chi connectivity index (χ4v) is 2.33. The molecule has 1 N–H and O–H groups in total. The van der Waals surface area contributed by atoms with Gasteiger partial charge in [-0.05, 0) is 19.3 Å². The summed E-state index contributed by atoms with van der Waals surface area (Å²) in [5, 5.41) is 2.69. The second-order valence-corrected chi connectivity index (χ2v) is 5.30. The van der Waals surface area contributed by atoms with E-state index in [4.69, 9.17) is 9.47 Å². The molecule has 1 atom stereocenters. The molecule has 1 amide bonds. The van der Waals surface area contributed by atoms with Crippen LogP contribution < -0.4 is 5.32 Å². The highest BCUT2D eigenvalue weighted by Gasteiger charge is 2.31. The van der Waals surface area contributed by atoms with E-state index in [1.165, 1.54) is 13.3 Å². The number of esters is 1. The van der Waals surface area contributed by atoms with E-state index in [0.29, 0.717) is 18.9 Å². The van der Waals surface area contributed by atoms with E-state index in [0.717, 1.165) is 19.3 Å². The van der Waals surface area contributed by atoms with Crippen LogP contribution in [0, 0.1) is 5.92 Å². The molecule has 1 saturated heterocycles. The molecule has 3 rings (SSSR count). The lowest BCUT2D eigenvalue weighted by molar-refractivity contribution is -0.117. The number of methoxy groups -OCH3 is 1. The summed E-state index contributed by atoms with van der Waals surface area (Å²) in [6.45, 7) is 1.17. The number of nitrogens with zero attached hydrogens (tertiary/aromatic N) is 2. The number of hydrogen-bond acceptors (Lipinski definition) is 6. The highest BCUT2D eigenvalue weighted by atomic mass is 16.5. The molecule has 2 heterocycles. The van der Waals surface area contributed by atoms with Crippen LogP contribution in [-0.2, 0) is 14.3 Å². The maximum Gasteiger partial charge on any atom is 0.358 e. The molecular weight excluding hydrogens is 274 g/mol. The molecule has 2 aliphatic rings. The Balaban J connectivity index is 1.86. The van der Waals surface area contributed by atoms with Crippen molar-refractivity contribution >= 4 is 17.7 Å². The van der Waals surface area contributed by atoms with Gasteiger partial charge in [-0.1, -0.05) is 0 Å². The Kier molecular flexibility index (Phi) is 3.83. The minimum Gasteiger partial charge on any atom is -0.464 e. The molecule has 1 aliphatic carbocycles. The monoisotopic (exact) mass is 291 g/mol. The number of ether oxygens (including phenoxy) is 2. The van der Waals surface area contributed by atoms with Crippen LogP contribution in [0.15, 0.2) is 6.20 Å². The zero-order chi connectivity index (χ0) is 14.8. The molecule has 2 fully saturated rings. The quantitative estimate of drug-likeness (QED) is 0.836. The lowest BCUT2D eigenvalue weighted by Crippen LogP contribution is -2.19. The summed E-state index contributed by atoms with van der Waals surface area (Å²) in [6.07, 6.45) is 4.09. The predicted molar refractivity (Wildman–Crippen MR) is 72.9 cm³/mol. The molecular formula is C14H17N3O4. The normalized spacial score (nSPS) is 21.1. The van der Waals surface area contributed by atoms with E-state index in [2.05, 4.69) is 15.3 Å². The van der Waals surface area contributed by atoms with Gasteiger partial charge in [0.15, 0.2) is 11.5 Å². The summed E-state index contributed by atoms with van der Waals surface area (Å²) < 4.78 is 10.1. The van der Waals surface area contributed by atoms with Crippen LogP contribution in [0.2, 0.25) is 0 Å². The predicted octanol–water partition coefficient (Wildman–Crippen LogP) is 1.12. The van der Waals surface area contributed by atoms with Gasteiger partial charge in [0, 0.05) is 18.4 Å². The van der Waals surface area contributed by atoms with Crippen LogP contribution in [-0.4, -0.2) is 42.2 Å². The zero-order valence-corrected chi connectivity index (χ0v) is 11.8. The number of nitrogens with one attached hydrogen (secondary N) is 1. The van der Waals surface area contributed by atoms with Crippen molar-refractivity contribution in [3.8, 4) is 0 Å². The van der Waals surface area contributed by atoms with E-state index >= 15 is 0 Å². The largest absolute Gasteiger partial charge is 0.464 e. The molecule has 1 aromatic heterocycles. The van der Waals surface area contributed by atoms with Crippen LogP contribution in [0.3, 0.4) is 0 Å². The van der Waals surface area contributed by atoms with Gasteiger partial charge in [0.2, 0.25) is 5.91 Å². The van der Waals surface area contributed by atoms with Gasteiger partial charge in [0.05, 0.1) is 25.6 Å². The van der Waals surface area contributed by atoms with Gasteiger partial charge in [-0.25, -0.2) is 9.78 Å². The fourth-order valence-electron chi connectivity index (χ4n) is 2.33. The van der Waals surface area contributed by atoms with E-state index in [1.807, 2.05) is 0 Å². The molecule has 0 aromatic carbocycles. The lowest BCUT2D eigenvalue weighted by Gasteiger charge is -2.12. The average molecular weight is 291 g/mol. The van der Waals surface area contributed by atoms with Gasteiger partial charge in [0.25, 0.3) is 0 Å². The van der Waals surface area contributed by atoms with Crippen molar-refractivity contribution in [3.63, 3.8) is 0 Å². The molecule has 7 nitrogen and oxygen atoms in total. The minimum atomic E-state index is -0.549. The van der Waals surface area contributed by atoms with Gasteiger partial charge < -0.3 is 14.8 Å². The maximum atomic E-state index is 11.9. The molecule has 1 saturated carbocycles. The second-order valence-electron chi connectivity index (χ2n) is 5.30. The van der Waals surface area contributed by atoms with Gasteiger partial charge >= 0.3 is 5.97 Å². The topological polar surface area (TPSA) is 90.4 Å². The number of rotatable bonds is 4. The second kappa shape index (κ2) is 5.77. The van der Waals surface area contributed by atoms with Crippen LogP contribution in [0.1, 0.15) is 41.4 Å². The SMILES string of the molecule is COC(=O)c1nc(NC(=O)C2CC2)cnc1C1CCOC1. The molecule has 7 heteroatoms. The molecule has 21 heavy (non-hydrogen) atoms. The number of aromatic nitrogens is 2. The minimum absolute atomic E-state index is 0.0415. The molecule has 1 aromatic rings. The van der Waals surface area contributed by atoms with Crippen molar-refractivity contribution < 1.29 is 19.1 Å². The van der Waals surface area contributed by atoms with Gasteiger partial charge in [-0.15, -0.1) is 0 Å². The van der Waals surface area contributed by atoms with Crippen LogP contribution in [0.4, 0.5) is 5.82 Å². The first-order chi connectivity index (χ1) is 10.2. The Morgan fingerprint density at radius 3 is 2.81 bits per heavy atom. The highest BCUT2D eigenvalue weighted by molar-refractivity contribution is 5.94. The Labute approximate surface area is 122 Å². The molecule has 0 bridgehead atoms. The standard InChI is InChI=1S/C14H17N3O4/c1-20-14(19)12-11(9-4-5-21-7-9)15-6-10(16-12)17-13(18)8-2-3-8/h6,8-9H,2-5,7H2,1H3,(H,16,17,18). The third-order valence-electron chi connectivity index (χ3n) is 3.70. The first-order valence-corrected chi connectivity index (χ1v) is 7.03. The highest BCUT2D eigenvalue weighted by Crippen LogP contribution is 2.30. The number of hydrogen-bond donors (Lipinski definition) is 1. The molecule has 112 valence electrons. The van der Waals surface area contributed by atoms with Crippen molar-refractivity contribution in [2.75, 3.05) is 25.6 Å². The molecule has 0 radical (unpaired) electrons. The van der Waals surface area contributed by atoms with E-state index < -0.39 is 5.97 Å². The lowest BCUT2D eigenvalue weighted by atomic mass is 10.0. The third kappa shape index (κ3) is 3.02. The molecule has 0 spiro atoms. The van der Waals surface area contributed by atoms with E-state index in [9.17, 15) is 9.59 Å². The van der Waals surface area contributed by atoms with Crippen molar-refractivity contribution in [1.82, 2.24) is 9.97 Å². The summed E-state index contributed by atoms with van der Waals surface area (Å²) >= 11 is 0. The van der Waals surface area contributed by atoms with Crippen molar-refractivity contribution in [1.29, 1.82) is 0 Å². The van der Waals surface area contributed by atoms with Crippen LogP contribution in [0.25, 0.3) is 0 Å². The summed E-state index contributed by atoms with van der Waals surface area (Å²) in [7, 11) is 1.30. The first kappa shape index (κ1) is 13.9. The Bertz CT molecular complexity index is 565. The fraction of sp³-hybridized carbons (Fsp3) is 0.571. The molecule has 1 aliphatic heterocycles. The Morgan fingerprint density at radius 1 is 1.38 bits per heavy atom. The first-order valence-electron chi connectivity index (χ1n) is 7.03. The van der Waals surface area contributed by atoms with E-state index in [1.54, 1.807) is 0 Å². The van der Waals surface area contributed by atoms with Crippen molar-refractivity contribution in [3.05, 3.63) is 17.6 Å². The van der Waals surface area contributed by atoms with Crippen molar-refractivity contribution in [2.45, 2.75) is 25.2 Å². The van der Waals surface area contributed by atoms with E-state index in [-0.39, 0.29) is 29.3 Å². The number of carbonyl (C=O) groups excluding carboxylic acids is 2. The third-order valence-corrected chi connectivity index (χ3v) is 3.70. The van der Waals surface area contributed by atoms with Gasteiger partial charge in [-0.3, -0.25) is 9.78 Å². The van der Waals surface area contributed by atoms with Crippen molar-refractivity contribution in [2.24, 2.45) is 5.92 Å². The summed E-state index contributed by atoms with van der Waals surface area (Å²) in [6, 6.07) is 0. The number of anilines is 1. The van der Waals surface area contributed by atoms with Gasteiger partial charge in [-0.2, -0.15) is 0 Å².